The van der Waals surface area contributed by atoms with Crippen LogP contribution in [0.2, 0.25) is 0 Å². The number of carbonyl (C=O) groups excluding carboxylic acids is 1. The van der Waals surface area contributed by atoms with Gasteiger partial charge < -0.3 is 19.9 Å². The van der Waals surface area contributed by atoms with Gasteiger partial charge in [-0.2, -0.15) is 0 Å². The molecule has 2 rings (SSSR count). The molecule has 0 aromatic heterocycles. The molecule has 0 radical (unpaired) electrons. The Kier molecular flexibility index (Phi) is 3.99. The Morgan fingerprint density at radius 2 is 1.95 bits per heavy atom. The number of carbonyl (C=O) groups is 1. The maximum absolute atomic E-state index is 12.2. The molecule has 1 fully saturated rings. The quantitative estimate of drug-likeness (QED) is 0.595. The zero-order valence-electron chi connectivity index (χ0n) is 11.7. The fraction of sp³-hybridized carbons (Fsp3) is 0.462. The maximum atomic E-state index is 12.2. The van der Waals surface area contributed by atoms with Gasteiger partial charge in [0.1, 0.15) is 5.56 Å². The summed E-state index contributed by atoms with van der Waals surface area (Å²) in [7, 11) is 2.73. The van der Waals surface area contributed by atoms with Crippen LogP contribution >= 0.6 is 0 Å². The standard InChI is InChI=1S/C13H16N2O6/c1-20-10-5-8(9(15(18)19)6-11(10)21-2)12(17)14-13(7-16)3-4-13/h5-6,16H,3-4,7H2,1-2H3,(H,14,17). The van der Waals surface area contributed by atoms with Crippen molar-refractivity contribution < 1.29 is 24.3 Å². The van der Waals surface area contributed by atoms with Crippen molar-refractivity contribution >= 4 is 11.6 Å². The molecule has 0 heterocycles. The van der Waals surface area contributed by atoms with Crippen molar-refractivity contribution in [3.05, 3.63) is 27.8 Å². The Bertz CT molecular complexity index is 582. The molecule has 8 heteroatoms. The molecular weight excluding hydrogens is 280 g/mol. The Morgan fingerprint density at radius 1 is 1.38 bits per heavy atom. The topological polar surface area (TPSA) is 111 Å². The van der Waals surface area contributed by atoms with Crippen LogP contribution in [0.15, 0.2) is 12.1 Å². The Hall–Kier alpha value is -2.35. The van der Waals surface area contributed by atoms with E-state index in [4.69, 9.17) is 9.47 Å². The summed E-state index contributed by atoms with van der Waals surface area (Å²) in [6.07, 6.45) is 1.30. The lowest BCUT2D eigenvalue weighted by Crippen LogP contribution is -2.39. The number of nitrogens with zero attached hydrogens (tertiary/aromatic N) is 1. The summed E-state index contributed by atoms with van der Waals surface area (Å²) in [6, 6.07) is 2.41. The molecule has 1 aromatic rings. The average molecular weight is 296 g/mol. The average Bonchev–Trinajstić information content (AvgIpc) is 3.25. The van der Waals surface area contributed by atoms with Crippen LogP contribution < -0.4 is 14.8 Å². The highest BCUT2D eigenvalue weighted by molar-refractivity contribution is 5.99. The van der Waals surface area contributed by atoms with Gasteiger partial charge in [0.2, 0.25) is 0 Å². The van der Waals surface area contributed by atoms with E-state index >= 15 is 0 Å². The summed E-state index contributed by atoms with van der Waals surface area (Å²) in [4.78, 5) is 22.7. The van der Waals surface area contributed by atoms with E-state index in [1.807, 2.05) is 0 Å². The lowest BCUT2D eigenvalue weighted by Gasteiger charge is -2.15. The monoisotopic (exact) mass is 296 g/mol. The minimum absolute atomic E-state index is 0.127. The largest absolute Gasteiger partial charge is 0.493 e. The van der Waals surface area contributed by atoms with Crippen molar-refractivity contribution in [2.75, 3.05) is 20.8 Å². The van der Waals surface area contributed by atoms with Crippen LogP contribution in [0.4, 0.5) is 5.69 Å². The highest BCUT2D eigenvalue weighted by Crippen LogP contribution is 2.37. The Morgan fingerprint density at radius 3 is 2.38 bits per heavy atom. The van der Waals surface area contributed by atoms with E-state index in [0.717, 1.165) is 6.07 Å². The van der Waals surface area contributed by atoms with Gasteiger partial charge in [0.15, 0.2) is 11.5 Å². The van der Waals surface area contributed by atoms with Gasteiger partial charge in [0, 0.05) is 6.07 Å². The molecule has 0 bridgehead atoms. The predicted octanol–water partition coefficient (Wildman–Crippen LogP) is 0.867. The molecule has 1 amide bonds. The number of methoxy groups -OCH3 is 2. The number of hydrogen-bond acceptors (Lipinski definition) is 6. The second kappa shape index (κ2) is 5.57. The molecule has 1 aliphatic rings. The minimum Gasteiger partial charge on any atom is -0.493 e. The van der Waals surface area contributed by atoms with Crippen molar-refractivity contribution in [3.8, 4) is 11.5 Å². The normalized spacial score (nSPS) is 15.2. The molecule has 0 aliphatic heterocycles. The number of hydrogen-bond donors (Lipinski definition) is 2. The van der Waals surface area contributed by atoms with Gasteiger partial charge in [0.25, 0.3) is 11.6 Å². The summed E-state index contributed by atoms with van der Waals surface area (Å²) in [6.45, 7) is -0.195. The van der Waals surface area contributed by atoms with Crippen molar-refractivity contribution in [1.29, 1.82) is 0 Å². The number of ether oxygens (including phenoxy) is 2. The second-order valence-electron chi connectivity index (χ2n) is 4.87. The van der Waals surface area contributed by atoms with Crippen LogP contribution in [-0.2, 0) is 0 Å². The van der Waals surface area contributed by atoms with Crippen LogP contribution in [0.25, 0.3) is 0 Å². The molecule has 1 aliphatic carbocycles. The van der Waals surface area contributed by atoms with Gasteiger partial charge >= 0.3 is 0 Å². The van der Waals surface area contributed by atoms with Crippen molar-refractivity contribution in [2.24, 2.45) is 0 Å². The van der Waals surface area contributed by atoms with Crippen LogP contribution in [0, 0.1) is 10.1 Å². The molecule has 0 spiro atoms. The number of aliphatic hydroxyl groups excluding tert-OH is 1. The minimum atomic E-state index is -0.657. The second-order valence-corrected chi connectivity index (χ2v) is 4.87. The van der Waals surface area contributed by atoms with Crippen molar-refractivity contribution in [1.82, 2.24) is 5.32 Å². The van der Waals surface area contributed by atoms with E-state index in [1.54, 1.807) is 0 Å². The van der Waals surface area contributed by atoms with E-state index < -0.39 is 16.4 Å². The third kappa shape index (κ3) is 2.89. The first-order chi connectivity index (χ1) is 9.96. The molecule has 8 nitrogen and oxygen atoms in total. The Balaban J connectivity index is 2.40. The molecule has 0 atom stereocenters. The maximum Gasteiger partial charge on any atom is 0.286 e. The summed E-state index contributed by atoms with van der Waals surface area (Å²) in [5.41, 5.74) is -1.16. The summed E-state index contributed by atoms with van der Waals surface area (Å²) < 4.78 is 10.1. The summed E-state index contributed by atoms with van der Waals surface area (Å²) in [5, 5.41) is 23.0. The van der Waals surface area contributed by atoms with Gasteiger partial charge in [-0.3, -0.25) is 14.9 Å². The van der Waals surface area contributed by atoms with Crippen LogP contribution in [-0.4, -0.2) is 42.3 Å². The molecule has 2 N–H and O–H groups in total. The number of nitro benzene ring substituents is 1. The summed E-state index contributed by atoms with van der Waals surface area (Å²) >= 11 is 0. The van der Waals surface area contributed by atoms with Gasteiger partial charge in [-0.1, -0.05) is 0 Å². The number of amides is 1. The fourth-order valence-electron chi connectivity index (χ4n) is 1.98. The molecule has 0 unspecified atom stereocenters. The van der Waals surface area contributed by atoms with Gasteiger partial charge in [-0.15, -0.1) is 0 Å². The summed E-state index contributed by atoms with van der Waals surface area (Å²) in [5.74, 6) is -0.222. The highest BCUT2D eigenvalue weighted by Gasteiger charge is 2.44. The SMILES string of the molecule is COc1cc(C(=O)NC2(CO)CC2)c([N+](=O)[O-])cc1OC. The lowest BCUT2D eigenvalue weighted by molar-refractivity contribution is -0.385. The zero-order valence-corrected chi connectivity index (χ0v) is 11.7. The number of nitro groups is 1. The third-order valence-corrected chi connectivity index (χ3v) is 3.48. The molecule has 1 saturated carbocycles. The molecule has 21 heavy (non-hydrogen) atoms. The third-order valence-electron chi connectivity index (χ3n) is 3.48. The van der Waals surface area contributed by atoms with Crippen LogP contribution in [0.1, 0.15) is 23.2 Å². The van der Waals surface area contributed by atoms with E-state index in [9.17, 15) is 20.0 Å². The first-order valence-electron chi connectivity index (χ1n) is 6.30. The van der Waals surface area contributed by atoms with Gasteiger partial charge in [-0.05, 0) is 12.8 Å². The number of nitrogens with one attached hydrogen (secondary N) is 1. The highest BCUT2D eigenvalue weighted by atomic mass is 16.6. The van der Waals surface area contributed by atoms with E-state index in [0.29, 0.717) is 12.8 Å². The molecule has 114 valence electrons. The van der Waals surface area contributed by atoms with Gasteiger partial charge in [0.05, 0.1) is 37.4 Å². The fourth-order valence-corrected chi connectivity index (χ4v) is 1.98. The molecule has 0 saturated heterocycles. The van der Waals surface area contributed by atoms with E-state index in [1.165, 1.54) is 20.3 Å². The number of benzene rings is 1. The van der Waals surface area contributed by atoms with Gasteiger partial charge in [-0.25, -0.2) is 0 Å². The number of aliphatic hydroxyl groups is 1. The first-order valence-corrected chi connectivity index (χ1v) is 6.30. The molecule has 1 aromatic carbocycles. The number of rotatable bonds is 6. The van der Waals surface area contributed by atoms with Crippen LogP contribution in [0.3, 0.4) is 0 Å². The smallest absolute Gasteiger partial charge is 0.286 e. The van der Waals surface area contributed by atoms with Crippen LogP contribution in [0.5, 0.6) is 11.5 Å². The van der Waals surface area contributed by atoms with E-state index in [-0.39, 0.29) is 29.4 Å². The van der Waals surface area contributed by atoms with Crippen molar-refractivity contribution in [3.63, 3.8) is 0 Å². The van der Waals surface area contributed by atoms with Crippen molar-refractivity contribution in [2.45, 2.75) is 18.4 Å². The zero-order chi connectivity index (χ0) is 15.6. The predicted molar refractivity (Wildman–Crippen MR) is 72.7 cm³/mol. The first kappa shape index (κ1) is 15.0. The molecular formula is C13H16N2O6. The van der Waals surface area contributed by atoms with E-state index in [2.05, 4.69) is 5.32 Å². The Labute approximate surface area is 120 Å². The lowest BCUT2D eigenvalue weighted by atomic mass is 10.1.